The highest BCUT2D eigenvalue weighted by molar-refractivity contribution is 7.86. The molecule has 4 bridgehead atoms. The molecule has 70 heavy (non-hydrogen) atoms. The fraction of sp³-hybridized carbons (Fsp3) is 0.321. The zero-order valence-corrected chi connectivity index (χ0v) is 42.6. The number of nitrogens with one attached hydrogen (secondary N) is 2. The number of hydrogen-bond donors (Lipinski definition) is 2. The van der Waals surface area contributed by atoms with Gasteiger partial charge >= 0.3 is 0 Å². The van der Waals surface area contributed by atoms with Crippen molar-refractivity contribution < 1.29 is 27.5 Å². The van der Waals surface area contributed by atoms with Gasteiger partial charge in [0.05, 0.1) is 34.7 Å². The van der Waals surface area contributed by atoms with Gasteiger partial charge in [-0.05, 0) is 129 Å². The van der Waals surface area contributed by atoms with Gasteiger partial charge < -0.3 is 33.8 Å². The van der Waals surface area contributed by atoms with E-state index in [9.17, 15) is 18.0 Å². The van der Waals surface area contributed by atoms with Crippen LogP contribution in [0.4, 0.5) is 23.0 Å². The lowest BCUT2D eigenvalue weighted by Gasteiger charge is -2.37. The van der Waals surface area contributed by atoms with Crippen molar-refractivity contribution in [3.8, 4) is 11.5 Å². The summed E-state index contributed by atoms with van der Waals surface area (Å²) in [6.45, 7) is 11.5. The summed E-state index contributed by atoms with van der Waals surface area (Å²) in [5, 5.41) is 0.354. The Kier molecular flexibility index (Phi) is 16.4. The first-order chi connectivity index (χ1) is 33.9. The van der Waals surface area contributed by atoms with Crippen LogP contribution >= 0.6 is 11.6 Å². The number of carbonyl (C=O) groups excluding carboxylic acids is 2. The second-order valence-electron chi connectivity index (χ2n) is 17.5. The summed E-state index contributed by atoms with van der Waals surface area (Å²) in [5.41, 5.74) is 9.49. The molecule has 2 fully saturated rings. The molecule has 7 heterocycles. The normalized spacial score (nSPS) is 16.3. The number of amides is 2. The Balaban J connectivity index is 0.000000188. The number of ether oxygens (including phenoxy) is 2. The molecule has 0 spiro atoms. The second-order valence-corrected chi connectivity index (χ2v) is 20.3. The summed E-state index contributed by atoms with van der Waals surface area (Å²) in [6.07, 6.45) is 7.36. The fourth-order valence-corrected chi connectivity index (χ4v) is 10.8. The molecule has 2 unspecified atom stereocenters. The van der Waals surface area contributed by atoms with E-state index in [-0.39, 0.29) is 11.8 Å². The third-order valence-corrected chi connectivity index (χ3v) is 15.6. The van der Waals surface area contributed by atoms with Crippen LogP contribution in [0.5, 0.6) is 11.5 Å². The van der Waals surface area contributed by atoms with Crippen LogP contribution in [-0.4, -0.2) is 107 Å². The fourth-order valence-electron chi connectivity index (χ4n) is 8.82. The van der Waals surface area contributed by atoms with E-state index in [1.54, 1.807) is 53.7 Å². The van der Waals surface area contributed by atoms with Crippen molar-refractivity contribution in [1.29, 1.82) is 0 Å². The van der Waals surface area contributed by atoms with E-state index < -0.39 is 22.0 Å². The number of carbonyl (C=O) groups is 2. The van der Waals surface area contributed by atoms with Gasteiger partial charge in [-0.2, -0.15) is 0 Å². The maximum atomic E-state index is 13.7. The highest BCUT2D eigenvalue weighted by atomic mass is 35.5. The minimum atomic E-state index is -1.66. The predicted molar refractivity (Wildman–Crippen MR) is 280 cm³/mol. The molecule has 17 heteroatoms. The number of halogens is 1. The van der Waals surface area contributed by atoms with E-state index >= 15 is 0 Å². The van der Waals surface area contributed by atoms with Crippen LogP contribution in [0.2, 0.25) is 5.02 Å². The Labute approximate surface area is 420 Å². The quantitative estimate of drug-likeness (QED) is 0.144. The molecule has 1 aromatic heterocycles. The van der Waals surface area contributed by atoms with Gasteiger partial charge in [-0.3, -0.25) is 14.3 Å². The Morgan fingerprint density at radius 2 is 1.36 bits per heavy atom. The molecule has 6 aliphatic rings. The monoisotopic (exact) mass is 1000 g/mol. The summed E-state index contributed by atoms with van der Waals surface area (Å²) >= 11 is 6.23. The Bertz CT molecular complexity index is 2870. The smallest absolute Gasteiger partial charge is 0.254 e. The largest absolute Gasteiger partial charge is 0.495 e. The summed E-state index contributed by atoms with van der Waals surface area (Å²) in [5.74, 6) is 1.49. The van der Waals surface area contributed by atoms with Gasteiger partial charge in [0, 0.05) is 93.3 Å². The van der Waals surface area contributed by atoms with Crippen molar-refractivity contribution in [2.24, 2.45) is 0 Å². The van der Waals surface area contributed by atoms with Crippen molar-refractivity contribution in [2.75, 3.05) is 85.8 Å². The number of aryl methyl sites for hydroxylation is 4. The standard InChI is InChI=1S/C29H33N3O2S.C24H26ClN5O4S/c1-21-6-5-9-28(22(21)2)31-16-18-32(19-17-31)29(33)27-20-26-15-12-24(27)8-4-3-7-23-10-13-25(14-11-23)30-35(26)34;1-16-5-6-17(35(32)28-20-14-19(25)21(33-2)15-22(20)34-3)13-18(16)23(31)29-9-11-30(12-10-29)24-26-7-4-8-27-24/h5-6,9-15,20,30H,3-4,7-8,16-19H2,1-2H3;4-8,13-15,28H,9-12H2,1-3H3. The Morgan fingerprint density at radius 1 is 0.700 bits per heavy atom. The number of aromatic nitrogens is 2. The van der Waals surface area contributed by atoms with Crippen molar-refractivity contribution in [3.05, 3.63) is 153 Å². The number of hydrogen-bond acceptors (Lipinski definition) is 10. The third-order valence-electron chi connectivity index (χ3n) is 13.1. The van der Waals surface area contributed by atoms with Crippen LogP contribution in [0.1, 0.15) is 61.4 Å². The lowest BCUT2D eigenvalue weighted by Crippen LogP contribution is -2.49. The number of nitrogens with zero attached hydrogens (tertiary/aromatic N) is 6. The average Bonchev–Trinajstić information content (AvgIpc) is 3.39. The SMILES string of the molecule is COc1cc(OC)c(NS(=O)c2ccc(C)c(C(=O)N3CCN(c4ncccn4)CC3)c2)cc1Cl.Cc1cccc(N2CCN(C(=O)c3cc4ccc3CCCCc3ccc(cc3)NS4=O)CC2)c1C. The molecular formula is C53H59ClN8O6S2. The minimum Gasteiger partial charge on any atom is -0.495 e. The Morgan fingerprint density at radius 3 is 2.04 bits per heavy atom. The van der Waals surface area contributed by atoms with Crippen LogP contribution in [0.3, 0.4) is 0 Å². The number of anilines is 4. The number of methoxy groups -OCH3 is 2. The topological polar surface area (TPSA) is 150 Å². The zero-order valence-electron chi connectivity index (χ0n) is 40.2. The molecular weight excluding hydrogens is 944 g/mol. The van der Waals surface area contributed by atoms with Crippen molar-refractivity contribution >= 4 is 68.4 Å². The van der Waals surface area contributed by atoms with E-state index in [4.69, 9.17) is 21.1 Å². The molecule has 2 amide bonds. The molecule has 0 saturated carbocycles. The second kappa shape index (κ2) is 23.0. The maximum Gasteiger partial charge on any atom is 0.254 e. The van der Waals surface area contributed by atoms with Crippen LogP contribution < -0.4 is 28.7 Å². The first-order valence-corrected chi connectivity index (χ1v) is 26.1. The summed E-state index contributed by atoms with van der Waals surface area (Å²) < 4.78 is 42.8. The minimum absolute atomic E-state index is 0.0508. The van der Waals surface area contributed by atoms with Crippen LogP contribution in [-0.2, 0) is 34.8 Å². The first kappa shape index (κ1) is 49.9. The van der Waals surface area contributed by atoms with E-state index in [1.165, 1.54) is 36.6 Å². The van der Waals surface area contributed by atoms with Gasteiger partial charge in [0.2, 0.25) is 5.95 Å². The van der Waals surface area contributed by atoms with Gasteiger partial charge in [0.1, 0.15) is 33.5 Å². The highest BCUT2D eigenvalue weighted by Gasteiger charge is 2.27. The third kappa shape index (κ3) is 11.7. The molecule has 12 rings (SSSR count). The van der Waals surface area contributed by atoms with Crippen LogP contribution in [0.15, 0.2) is 119 Å². The van der Waals surface area contributed by atoms with Crippen molar-refractivity contribution in [3.63, 3.8) is 0 Å². The molecule has 5 aromatic carbocycles. The number of rotatable bonds is 9. The highest BCUT2D eigenvalue weighted by Crippen LogP contribution is 2.37. The van der Waals surface area contributed by atoms with Gasteiger partial charge in [-0.15, -0.1) is 0 Å². The molecule has 0 aliphatic carbocycles. The summed E-state index contributed by atoms with van der Waals surface area (Å²) in [6, 6.07) is 30.5. The van der Waals surface area contributed by atoms with E-state index in [2.05, 4.69) is 73.4 Å². The molecule has 0 radical (unpaired) electrons. The first-order valence-electron chi connectivity index (χ1n) is 23.4. The molecule has 6 aliphatic heterocycles. The average molecular weight is 1000 g/mol. The predicted octanol–water partition coefficient (Wildman–Crippen LogP) is 8.83. The molecule has 2 atom stereocenters. The van der Waals surface area contributed by atoms with Gasteiger partial charge in [-0.1, -0.05) is 48.0 Å². The van der Waals surface area contributed by atoms with Crippen molar-refractivity contribution in [1.82, 2.24) is 19.8 Å². The maximum absolute atomic E-state index is 13.7. The molecule has 2 N–H and O–H groups in total. The lowest BCUT2D eigenvalue weighted by molar-refractivity contribution is 0.0737. The number of benzene rings is 5. The van der Waals surface area contributed by atoms with Crippen LogP contribution in [0.25, 0.3) is 0 Å². The summed E-state index contributed by atoms with van der Waals surface area (Å²) in [4.78, 5) is 44.9. The number of piperazine rings is 2. The van der Waals surface area contributed by atoms with E-state index in [0.717, 1.165) is 55.6 Å². The molecule has 6 aromatic rings. The van der Waals surface area contributed by atoms with E-state index in [0.29, 0.717) is 88.3 Å². The Hall–Kier alpha value is -6.49. The summed E-state index contributed by atoms with van der Waals surface area (Å²) in [7, 11) is -0.0811. The molecule has 14 nitrogen and oxygen atoms in total. The molecule has 366 valence electrons. The van der Waals surface area contributed by atoms with Crippen LogP contribution in [0, 0.1) is 20.8 Å². The van der Waals surface area contributed by atoms with Gasteiger partial charge in [-0.25, -0.2) is 18.4 Å². The molecule has 2 saturated heterocycles. The zero-order chi connectivity index (χ0) is 49.3. The van der Waals surface area contributed by atoms with E-state index in [1.807, 2.05) is 42.2 Å². The lowest BCUT2D eigenvalue weighted by atomic mass is 9.98. The van der Waals surface area contributed by atoms with Gasteiger partial charge in [0.15, 0.2) is 0 Å². The van der Waals surface area contributed by atoms with Gasteiger partial charge in [0.25, 0.3) is 11.8 Å². The van der Waals surface area contributed by atoms with Crippen molar-refractivity contribution in [2.45, 2.75) is 56.2 Å².